The summed E-state index contributed by atoms with van der Waals surface area (Å²) in [5.41, 5.74) is -0.312. The second-order valence-corrected chi connectivity index (χ2v) is 5.05. The molecule has 1 aromatic rings. The maximum atomic E-state index is 12.4. The molecule has 1 saturated heterocycles. The van der Waals surface area contributed by atoms with Crippen molar-refractivity contribution in [3.8, 4) is 6.07 Å². The van der Waals surface area contributed by atoms with Gasteiger partial charge in [0.2, 0.25) is 0 Å². The number of nitriles is 1. The third kappa shape index (κ3) is 2.79. The Hall–Kier alpha value is -1.98. The predicted molar refractivity (Wildman–Crippen MR) is 72.1 cm³/mol. The minimum atomic E-state index is -0.723. The van der Waals surface area contributed by atoms with Gasteiger partial charge in [0.25, 0.3) is 11.6 Å². The van der Waals surface area contributed by atoms with Crippen LogP contribution >= 0.6 is 15.9 Å². The molecule has 1 heterocycles. The maximum Gasteiger partial charge on any atom is 0.283 e. The first kappa shape index (κ1) is 14.4. The summed E-state index contributed by atoms with van der Waals surface area (Å²) in [4.78, 5) is 24.1. The number of carbonyl (C=O) groups is 1. The van der Waals surface area contributed by atoms with Gasteiger partial charge < -0.3 is 9.64 Å². The quantitative estimate of drug-likeness (QED) is 0.603. The molecule has 1 fully saturated rings. The summed E-state index contributed by atoms with van der Waals surface area (Å²) in [5.74, 6) is -0.529. The first-order valence-corrected chi connectivity index (χ1v) is 6.56. The normalized spacial score (nSPS) is 18.4. The monoisotopic (exact) mass is 339 g/mol. The number of nitro benzene ring substituents is 1. The molecule has 1 atom stereocenters. The topological polar surface area (TPSA) is 96.5 Å². The smallest absolute Gasteiger partial charge is 0.283 e. The average Bonchev–Trinajstić information content (AvgIpc) is 2.46. The predicted octanol–water partition coefficient (Wildman–Crippen LogP) is 1.72. The van der Waals surface area contributed by atoms with Crippen LogP contribution in [0.3, 0.4) is 0 Å². The van der Waals surface area contributed by atoms with Gasteiger partial charge in [-0.15, -0.1) is 0 Å². The Bertz CT molecular complexity index is 599. The van der Waals surface area contributed by atoms with E-state index < -0.39 is 16.9 Å². The van der Waals surface area contributed by atoms with Crippen LogP contribution in [0.5, 0.6) is 0 Å². The van der Waals surface area contributed by atoms with Gasteiger partial charge in [-0.25, -0.2) is 0 Å². The Morgan fingerprint density at radius 1 is 1.60 bits per heavy atom. The van der Waals surface area contributed by atoms with Crippen molar-refractivity contribution in [3.05, 3.63) is 38.3 Å². The van der Waals surface area contributed by atoms with Gasteiger partial charge in [-0.1, -0.05) is 15.9 Å². The number of ether oxygens (including phenoxy) is 1. The molecular weight excluding hydrogens is 330 g/mol. The highest BCUT2D eigenvalue weighted by molar-refractivity contribution is 9.10. The fourth-order valence-corrected chi connectivity index (χ4v) is 2.29. The van der Waals surface area contributed by atoms with E-state index in [1.54, 1.807) is 6.07 Å². The first-order valence-electron chi connectivity index (χ1n) is 5.77. The number of halogens is 1. The fourth-order valence-electron chi connectivity index (χ4n) is 1.95. The molecule has 0 N–H and O–H groups in total. The van der Waals surface area contributed by atoms with Gasteiger partial charge in [0.1, 0.15) is 11.6 Å². The van der Waals surface area contributed by atoms with Crippen LogP contribution in [0.4, 0.5) is 5.69 Å². The molecule has 104 valence electrons. The maximum absolute atomic E-state index is 12.4. The average molecular weight is 340 g/mol. The van der Waals surface area contributed by atoms with Crippen molar-refractivity contribution in [2.24, 2.45) is 0 Å². The molecular formula is C12H10BrN3O4. The zero-order chi connectivity index (χ0) is 14.7. The summed E-state index contributed by atoms with van der Waals surface area (Å²) >= 11 is 3.13. The Kier molecular flexibility index (Phi) is 4.32. The van der Waals surface area contributed by atoms with Crippen molar-refractivity contribution in [2.75, 3.05) is 19.8 Å². The zero-order valence-corrected chi connectivity index (χ0v) is 11.9. The lowest BCUT2D eigenvalue weighted by atomic mass is 10.1. The molecule has 0 aromatic heterocycles. The SMILES string of the molecule is N#CC1COCCN1C(=O)c1ccc(Br)cc1[N+](=O)[O-]. The highest BCUT2D eigenvalue weighted by atomic mass is 79.9. The van der Waals surface area contributed by atoms with E-state index in [4.69, 9.17) is 10.00 Å². The number of benzene rings is 1. The van der Waals surface area contributed by atoms with E-state index >= 15 is 0 Å². The van der Waals surface area contributed by atoms with Gasteiger partial charge in [0, 0.05) is 17.1 Å². The molecule has 2 rings (SSSR count). The largest absolute Gasteiger partial charge is 0.376 e. The number of nitro groups is 1. The van der Waals surface area contributed by atoms with Crippen LogP contribution in [0.1, 0.15) is 10.4 Å². The van der Waals surface area contributed by atoms with Crippen LogP contribution in [-0.2, 0) is 4.74 Å². The molecule has 0 bridgehead atoms. The number of hydrogen-bond donors (Lipinski definition) is 0. The Labute approximate surface area is 123 Å². The van der Waals surface area contributed by atoms with Crippen molar-refractivity contribution in [1.29, 1.82) is 5.26 Å². The van der Waals surface area contributed by atoms with Crippen molar-refractivity contribution < 1.29 is 14.5 Å². The zero-order valence-electron chi connectivity index (χ0n) is 10.3. The number of nitrogens with zero attached hydrogens (tertiary/aromatic N) is 3. The van der Waals surface area contributed by atoms with E-state index in [1.165, 1.54) is 17.0 Å². The number of carbonyl (C=O) groups excluding carboxylic acids is 1. The lowest BCUT2D eigenvalue weighted by molar-refractivity contribution is -0.385. The lowest BCUT2D eigenvalue weighted by Gasteiger charge is -2.31. The summed E-state index contributed by atoms with van der Waals surface area (Å²) in [6.07, 6.45) is 0. The fraction of sp³-hybridized carbons (Fsp3) is 0.333. The number of hydrogen-bond acceptors (Lipinski definition) is 5. The van der Waals surface area contributed by atoms with Gasteiger partial charge in [-0.2, -0.15) is 5.26 Å². The second-order valence-electron chi connectivity index (χ2n) is 4.14. The van der Waals surface area contributed by atoms with Gasteiger partial charge in [-0.3, -0.25) is 14.9 Å². The molecule has 8 heteroatoms. The summed E-state index contributed by atoms with van der Waals surface area (Å²) in [5, 5.41) is 20.1. The molecule has 1 aliphatic heterocycles. The molecule has 0 saturated carbocycles. The molecule has 0 spiro atoms. The third-order valence-electron chi connectivity index (χ3n) is 2.93. The minimum Gasteiger partial charge on any atom is -0.376 e. The van der Waals surface area contributed by atoms with Gasteiger partial charge in [0.15, 0.2) is 0 Å². The summed E-state index contributed by atoms with van der Waals surface area (Å²) in [7, 11) is 0. The molecule has 1 aromatic carbocycles. The van der Waals surface area contributed by atoms with Crippen LogP contribution in [0.2, 0.25) is 0 Å². The molecule has 20 heavy (non-hydrogen) atoms. The van der Waals surface area contributed by atoms with E-state index in [9.17, 15) is 14.9 Å². The highest BCUT2D eigenvalue weighted by Crippen LogP contribution is 2.25. The Morgan fingerprint density at radius 2 is 2.35 bits per heavy atom. The van der Waals surface area contributed by atoms with Gasteiger partial charge in [-0.05, 0) is 12.1 Å². The third-order valence-corrected chi connectivity index (χ3v) is 3.42. The minimum absolute atomic E-state index is 0.0275. The molecule has 0 aliphatic carbocycles. The van der Waals surface area contributed by atoms with Crippen molar-refractivity contribution in [3.63, 3.8) is 0 Å². The van der Waals surface area contributed by atoms with Crippen molar-refractivity contribution >= 4 is 27.5 Å². The van der Waals surface area contributed by atoms with E-state index in [2.05, 4.69) is 15.9 Å². The van der Waals surface area contributed by atoms with Crippen LogP contribution < -0.4 is 0 Å². The number of morpholine rings is 1. The van der Waals surface area contributed by atoms with E-state index in [1.807, 2.05) is 6.07 Å². The Morgan fingerprint density at radius 3 is 3.00 bits per heavy atom. The van der Waals surface area contributed by atoms with E-state index in [-0.39, 0.29) is 24.4 Å². The Balaban J connectivity index is 2.38. The molecule has 1 amide bonds. The van der Waals surface area contributed by atoms with Crippen LogP contribution in [0, 0.1) is 21.4 Å². The van der Waals surface area contributed by atoms with Crippen molar-refractivity contribution in [1.82, 2.24) is 4.90 Å². The molecule has 7 nitrogen and oxygen atoms in total. The van der Waals surface area contributed by atoms with Crippen LogP contribution in [0.15, 0.2) is 22.7 Å². The standard InChI is InChI=1S/C12H10BrN3O4/c13-8-1-2-10(11(5-8)16(18)19)12(17)15-3-4-20-7-9(15)6-14/h1-2,5,9H,3-4,7H2. The van der Waals surface area contributed by atoms with Crippen molar-refractivity contribution in [2.45, 2.75) is 6.04 Å². The number of rotatable bonds is 2. The van der Waals surface area contributed by atoms with Crippen LogP contribution in [0.25, 0.3) is 0 Å². The molecule has 1 unspecified atom stereocenters. The van der Waals surface area contributed by atoms with Crippen LogP contribution in [-0.4, -0.2) is 41.5 Å². The summed E-state index contributed by atoms with van der Waals surface area (Å²) < 4.78 is 5.64. The summed E-state index contributed by atoms with van der Waals surface area (Å²) in [6, 6.07) is 5.46. The van der Waals surface area contributed by atoms with Gasteiger partial charge >= 0.3 is 0 Å². The van der Waals surface area contributed by atoms with E-state index in [0.717, 1.165) is 0 Å². The van der Waals surface area contributed by atoms with Gasteiger partial charge in [0.05, 0.1) is 24.2 Å². The summed E-state index contributed by atoms with van der Waals surface area (Å²) in [6.45, 7) is 0.672. The lowest BCUT2D eigenvalue weighted by Crippen LogP contribution is -2.48. The highest BCUT2D eigenvalue weighted by Gasteiger charge is 2.31. The molecule has 0 radical (unpaired) electrons. The van der Waals surface area contributed by atoms with E-state index in [0.29, 0.717) is 11.1 Å². The number of amides is 1. The molecule has 1 aliphatic rings. The first-order chi connectivity index (χ1) is 9.54. The second kappa shape index (κ2) is 5.98.